The highest BCUT2D eigenvalue weighted by Gasteiger charge is 2.46. The molecule has 9 heteroatoms. The summed E-state index contributed by atoms with van der Waals surface area (Å²) in [5, 5.41) is 9.84. The molecule has 1 aromatic rings. The van der Waals surface area contributed by atoms with Gasteiger partial charge in [-0.25, -0.2) is 4.79 Å². The predicted octanol–water partition coefficient (Wildman–Crippen LogP) is 4.64. The molecule has 3 aliphatic heterocycles. The van der Waals surface area contributed by atoms with Crippen molar-refractivity contribution in [2.75, 3.05) is 32.7 Å². The van der Waals surface area contributed by atoms with Gasteiger partial charge in [-0.05, 0) is 96.1 Å². The first-order valence-corrected chi connectivity index (χ1v) is 13.4. The van der Waals surface area contributed by atoms with Crippen molar-refractivity contribution >= 4 is 29.6 Å². The quantitative estimate of drug-likeness (QED) is 0.583. The molecule has 2 amide bonds. The van der Waals surface area contributed by atoms with Crippen molar-refractivity contribution in [2.45, 2.75) is 77.0 Å². The minimum atomic E-state index is -0.893. The highest BCUT2D eigenvalue weighted by molar-refractivity contribution is 6.31. The van der Waals surface area contributed by atoms with E-state index in [4.69, 9.17) is 16.3 Å². The molecule has 3 saturated heterocycles. The summed E-state index contributed by atoms with van der Waals surface area (Å²) in [6.07, 6.45) is 3.80. The molecule has 36 heavy (non-hydrogen) atoms. The van der Waals surface area contributed by atoms with Crippen molar-refractivity contribution in [3.05, 3.63) is 34.3 Å². The number of amides is 2. The molecule has 0 aliphatic carbocycles. The lowest BCUT2D eigenvalue weighted by Gasteiger charge is -2.44. The molecule has 3 aliphatic rings. The van der Waals surface area contributed by atoms with Gasteiger partial charge in [0.15, 0.2) is 0 Å². The first-order chi connectivity index (χ1) is 17.0. The number of carbonyl (C=O) groups is 3. The molecule has 3 heterocycles. The molecule has 1 spiro atoms. The molecule has 4 rings (SSSR count). The minimum absolute atomic E-state index is 0.0244. The number of carboxylic acid groups (broad SMARTS) is 1. The summed E-state index contributed by atoms with van der Waals surface area (Å²) in [7, 11) is 0. The van der Waals surface area contributed by atoms with Gasteiger partial charge in [0.2, 0.25) is 0 Å². The van der Waals surface area contributed by atoms with Crippen LogP contribution >= 0.6 is 11.6 Å². The number of rotatable bonds is 4. The van der Waals surface area contributed by atoms with E-state index >= 15 is 0 Å². The van der Waals surface area contributed by atoms with Crippen LogP contribution < -0.4 is 0 Å². The molecule has 1 N–H and O–H groups in total. The number of benzene rings is 1. The Hall–Kier alpha value is -2.32. The molecule has 8 nitrogen and oxygen atoms in total. The standard InChI is InChI=1S/C27H38ClN3O5/c1-26(2,3)36-24(33)20-5-11-29(12-6-20)18-19-15-21(17-22(28)16-19)23(32)31-10-4-7-27(31)8-13-30(14-9-27)25(34)35/h15-17,20H,4-14,18H2,1-3H3,(H,34,35). The SMILES string of the molecule is CC(C)(C)OC(=O)C1CCN(Cc2cc(Cl)cc(C(=O)N3CCCC34CCN(C(=O)O)CC4)c2)CC1. The van der Waals surface area contributed by atoms with Crippen LogP contribution in [0.2, 0.25) is 5.02 Å². The fraction of sp³-hybridized carbons (Fsp3) is 0.667. The van der Waals surface area contributed by atoms with Gasteiger partial charge in [0.25, 0.3) is 5.91 Å². The van der Waals surface area contributed by atoms with E-state index in [-0.39, 0.29) is 23.3 Å². The summed E-state index contributed by atoms with van der Waals surface area (Å²) in [5.74, 6) is -0.217. The zero-order valence-corrected chi connectivity index (χ0v) is 22.4. The van der Waals surface area contributed by atoms with E-state index in [1.807, 2.05) is 37.8 Å². The van der Waals surface area contributed by atoms with Crippen LogP contribution in [0, 0.1) is 5.92 Å². The number of hydrogen-bond donors (Lipinski definition) is 1. The van der Waals surface area contributed by atoms with E-state index < -0.39 is 11.7 Å². The van der Waals surface area contributed by atoms with E-state index in [1.54, 1.807) is 6.07 Å². The van der Waals surface area contributed by atoms with Crippen LogP contribution in [-0.4, -0.2) is 81.6 Å². The first-order valence-electron chi connectivity index (χ1n) is 13.0. The Bertz CT molecular complexity index is 992. The van der Waals surface area contributed by atoms with Gasteiger partial charge in [-0.2, -0.15) is 0 Å². The summed E-state index contributed by atoms with van der Waals surface area (Å²) in [4.78, 5) is 43.1. The highest BCUT2D eigenvalue weighted by atomic mass is 35.5. The summed E-state index contributed by atoms with van der Waals surface area (Å²) in [6.45, 7) is 9.51. The molecule has 0 bridgehead atoms. The maximum absolute atomic E-state index is 13.6. The Morgan fingerprint density at radius 2 is 1.69 bits per heavy atom. The van der Waals surface area contributed by atoms with Gasteiger partial charge >= 0.3 is 12.1 Å². The number of halogens is 1. The van der Waals surface area contributed by atoms with Crippen molar-refractivity contribution in [1.82, 2.24) is 14.7 Å². The second kappa shape index (κ2) is 10.6. The number of nitrogens with zero attached hydrogens (tertiary/aromatic N) is 3. The molecule has 1 aromatic carbocycles. The summed E-state index contributed by atoms with van der Waals surface area (Å²) < 4.78 is 5.55. The molecule has 0 unspecified atom stereocenters. The molecule has 0 saturated carbocycles. The van der Waals surface area contributed by atoms with E-state index in [2.05, 4.69) is 4.90 Å². The van der Waals surface area contributed by atoms with Crippen LogP contribution in [0.4, 0.5) is 4.79 Å². The van der Waals surface area contributed by atoms with Crippen molar-refractivity contribution < 1.29 is 24.2 Å². The summed E-state index contributed by atoms with van der Waals surface area (Å²) >= 11 is 6.45. The van der Waals surface area contributed by atoms with E-state index in [0.717, 1.165) is 44.3 Å². The van der Waals surface area contributed by atoms with Gasteiger partial charge in [-0.3, -0.25) is 14.5 Å². The van der Waals surface area contributed by atoms with Crippen molar-refractivity contribution in [3.63, 3.8) is 0 Å². The lowest BCUT2D eigenvalue weighted by molar-refractivity contribution is -0.161. The van der Waals surface area contributed by atoms with Crippen molar-refractivity contribution in [1.29, 1.82) is 0 Å². The molecule has 0 atom stereocenters. The third kappa shape index (κ3) is 6.14. The summed E-state index contributed by atoms with van der Waals surface area (Å²) in [6, 6.07) is 5.58. The van der Waals surface area contributed by atoms with Gasteiger partial charge in [-0.1, -0.05) is 11.6 Å². The lowest BCUT2D eigenvalue weighted by atomic mass is 9.84. The Kier molecular flexibility index (Phi) is 7.86. The smallest absolute Gasteiger partial charge is 0.407 e. The van der Waals surface area contributed by atoms with Gasteiger partial charge in [0, 0.05) is 42.3 Å². The van der Waals surface area contributed by atoms with Gasteiger partial charge < -0.3 is 19.6 Å². The van der Waals surface area contributed by atoms with Crippen LogP contribution in [0.3, 0.4) is 0 Å². The lowest BCUT2D eigenvalue weighted by Crippen LogP contribution is -2.54. The van der Waals surface area contributed by atoms with E-state index in [0.29, 0.717) is 49.6 Å². The highest BCUT2D eigenvalue weighted by Crippen LogP contribution is 2.39. The number of ether oxygens (including phenoxy) is 1. The van der Waals surface area contributed by atoms with Crippen LogP contribution in [0.1, 0.15) is 75.2 Å². The number of esters is 1. The largest absolute Gasteiger partial charge is 0.465 e. The molecule has 0 radical (unpaired) electrons. The first kappa shape index (κ1) is 26.7. The van der Waals surface area contributed by atoms with Crippen LogP contribution in [0.5, 0.6) is 0 Å². The minimum Gasteiger partial charge on any atom is -0.465 e. The maximum atomic E-state index is 13.6. The molecular weight excluding hydrogens is 482 g/mol. The number of hydrogen-bond acceptors (Lipinski definition) is 5. The third-order valence-corrected chi connectivity index (χ3v) is 7.96. The fourth-order valence-corrected chi connectivity index (χ4v) is 6.14. The third-order valence-electron chi connectivity index (χ3n) is 7.74. The maximum Gasteiger partial charge on any atom is 0.407 e. The van der Waals surface area contributed by atoms with E-state index in [1.165, 1.54) is 4.90 Å². The second-order valence-corrected chi connectivity index (χ2v) is 11.9. The second-order valence-electron chi connectivity index (χ2n) is 11.5. The van der Waals surface area contributed by atoms with Crippen LogP contribution in [-0.2, 0) is 16.1 Å². The zero-order valence-electron chi connectivity index (χ0n) is 21.6. The average Bonchev–Trinajstić information content (AvgIpc) is 3.20. The normalized spacial score (nSPS) is 21.1. The molecule has 0 aromatic heterocycles. The number of piperidine rings is 2. The van der Waals surface area contributed by atoms with Crippen molar-refractivity contribution in [3.8, 4) is 0 Å². The Morgan fingerprint density at radius 1 is 1.03 bits per heavy atom. The number of likely N-dealkylation sites (tertiary alicyclic amines) is 3. The Morgan fingerprint density at radius 3 is 2.31 bits per heavy atom. The predicted molar refractivity (Wildman–Crippen MR) is 137 cm³/mol. The molecule has 3 fully saturated rings. The molecule has 198 valence electrons. The van der Waals surface area contributed by atoms with Gasteiger partial charge in [-0.15, -0.1) is 0 Å². The average molecular weight is 520 g/mol. The topological polar surface area (TPSA) is 90.4 Å². The van der Waals surface area contributed by atoms with E-state index in [9.17, 15) is 19.5 Å². The van der Waals surface area contributed by atoms with Gasteiger partial charge in [0.1, 0.15) is 5.60 Å². The Labute approximate surface area is 218 Å². The zero-order chi connectivity index (χ0) is 26.1. The van der Waals surface area contributed by atoms with Crippen molar-refractivity contribution in [2.24, 2.45) is 5.92 Å². The summed E-state index contributed by atoms with van der Waals surface area (Å²) in [5.41, 5.74) is 0.826. The Balaban J connectivity index is 1.39. The fourth-order valence-electron chi connectivity index (χ4n) is 5.88. The van der Waals surface area contributed by atoms with Crippen LogP contribution in [0.15, 0.2) is 18.2 Å². The number of carbonyl (C=O) groups excluding carboxylic acids is 2. The monoisotopic (exact) mass is 519 g/mol. The van der Waals surface area contributed by atoms with Crippen LogP contribution in [0.25, 0.3) is 0 Å². The molecular formula is C27H38ClN3O5. The van der Waals surface area contributed by atoms with Gasteiger partial charge in [0.05, 0.1) is 5.92 Å².